The van der Waals surface area contributed by atoms with E-state index in [1.807, 2.05) is 31.2 Å². The van der Waals surface area contributed by atoms with Crippen LogP contribution in [0.1, 0.15) is 25.3 Å². The first-order valence-electron chi connectivity index (χ1n) is 9.38. The molecule has 1 heterocycles. The van der Waals surface area contributed by atoms with Gasteiger partial charge in [-0.3, -0.25) is 9.69 Å². The fourth-order valence-electron chi connectivity index (χ4n) is 3.58. The number of hydrogen-bond acceptors (Lipinski definition) is 3. The van der Waals surface area contributed by atoms with Gasteiger partial charge >= 0.3 is 0 Å². The maximum absolute atomic E-state index is 12.6. The zero-order valence-corrected chi connectivity index (χ0v) is 15.7. The normalized spacial score (nSPS) is 16.8. The Labute approximate surface area is 156 Å². The number of carbonyl (C=O) groups excluding carboxylic acids is 1. The molecule has 1 fully saturated rings. The molecule has 4 nitrogen and oxygen atoms in total. The molecule has 2 aromatic carbocycles. The van der Waals surface area contributed by atoms with Gasteiger partial charge in [-0.1, -0.05) is 30.3 Å². The molecule has 4 heteroatoms. The highest BCUT2D eigenvalue weighted by molar-refractivity contribution is 5.94. The van der Waals surface area contributed by atoms with Crippen LogP contribution in [0.2, 0.25) is 0 Å². The SMILES string of the molecule is COc1ccc(NC(=O)[C@H](C)N2CCC(Cc3ccccc3)CC2)cc1. The van der Waals surface area contributed by atoms with Gasteiger partial charge in [0.25, 0.3) is 0 Å². The second kappa shape index (κ2) is 8.86. The van der Waals surface area contributed by atoms with Crippen LogP contribution in [0.3, 0.4) is 0 Å². The quantitative estimate of drug-likeness (QED) is 0.855. The second-order valence-electron chi connectivity index (χ2n) is 7.06. The lowest BCUT2D eigenvalue weighted by Crippen LogP contribution is -2.46. The molecular formula is C22H28N2O2. The summed E-state index contributed by atoms with van der Waals surface area (Å²) in [6.45, 7) is 3.96. The van der Waals surface area contributed by atoms with Crippen LogP contribution in [0.4, 0.5) is 5.69 Å². The maximum Gasteiger partial charge on any atom is 0.241 e. The van der Waals surface area contributed by atoms with Crippen LogP contribution in [0.15, 0.2) is 54.6 Å². The van der Waals surface area contributed by atoms with Crippen LogP contribution >= 0.6 is 0 Å². The molecule has 1 saturated heterocycles. The van der Waals surface area contributed by atoms with E-state index in [1.54, 1.807) is 7.11 Å². The van der Waals surface area contributed by atoms with Crippen molar-refractivity contribution in [3.8, 4) is 5.75 Å². The summed E-state index contributed by atoms with van der Waals surface area (Å²) in [5.41, 5.74) is 2.22. The van der Waals surface area contributed by atoms with Gasteiger partial charge in [0.05, 0.1) is 13.2 Å². The molecule has 0 radical (unpaired) electrons. The van der Waals surface area contributed by atoms with Gasteiger partial charge in [-0.15, -0.1) is 0 Å². The predicted octanol–water partition coefficient (Wildman–Crippen LogP) is 3.98. The Morgan fingerprint density at radius 1 is 1.12 bits per heavy atom. The van der Waals surface area contributed by atoms with Gasteiger partial charge < -0.3 is 10.1 Å². The van der Waals surface area contributed by atoms with E-state index in [4.69, 9.17) is 4.74 Å². The molecule has 0 aromatic heterocycles. The summed E-state index contributed by atoms with van der Waals surface area (Å²) in [5.74, 6) is 1.55. The van der Waals surface area contributed by atoms with Crippen molar-refractivity contribution in [1.82, 2.24) is 4.90 Å². The number of anilines is 1. The molecule has 0 unspecified atom stereocenters. The second-order valence-corrected chi connectivity index (χ2v) is 7.06. The zero-order chi connectivity index (χ0) is 18.4. The minimum Gasteiger partial charge on any atom is -0.497 e. The average Bonchev–Trinajstić information content (AvgIpc) is 2.69. The summed E-state index contributed by atoms with van der Waals surface area (Å²) < 4.78 is 5.15. The number of likely N-dealkylation sites (tertiary alicyclic amines) is 1. The molecule has 2 aromatic rings. The van der Waals surface area contributed by atoms with Gasteiger partial charge in [0.15, 0.2) is 0 Å². The molecule has 26 heavy (non-hydrogen) atoms. The van der Waals surface area contributed by atoms with Crippen molar-refractivity contribution in [3.05, 3.63) is 60.2 Å². The van der Waals surface area contributed by atoms with E-state index < -0.39 is 0 Å². The van der Waals surface area contributed by atoms with E-state index >= 15 is 0 Å². The molecule has 3 rings (SSSR count). The number of ether oxygens (including phenoxy) is 1. The summed E-state index contributed by atoms with van der Waals surface area (Å²) in [7, 11) is 1.64. The van der Waals surface area contributed by atoms with Crippen LogP contribution in [-0.4, -0.2) is 37.0 Å². The van der Waals surface area contributed by atoms with Crippen molar-refractivity contribution in [2.45, 2.75) is 32.2 Å². The molecule has 1 aliphatic rings. The first kappa shape index (κ1) is 18.5. The molecule has 0 aliphatic carbocycles. The van der Waals surface area contributed by atoms with Crippen LogP contribution in [0.5, 0.6) is 5.75 Å². The van der Waals surface area contributed by atoms with E-state index in [-0.39, 0.29) is 11.9 Å². The molecule has 138 valence electrons. The minimum atomic E-state index is -0.116. The van der Waals surface area contributed by atoms with E-state index in [0.29, 0.717) is 5.92 Å². The third kappa shape index (κ3) is 4.85. The summed E-state index contributed by atoms with van der Waals surface area (Å²) >= 11 is 0. The molecule has 1 atom stereocenters. The molecule has 1 amide bonds. The number of nitrogens with zero attached hydrogens (tertiary/aromatic N) is 1. The van der Waals surface area contributed by atoms with Gasteiger partial charge in [-0.25, -0.2) is 0 Å². The average molecular weight is 352 g/mol. The van der Waals surface area contributed by atoms with E-state index in [9.17, 15) is 4.79 Å². The lowest BCUT2D eigenvalue weighted by atomic mass is 9.89. The summed E-state index contributed by atoms with van der Waals surface area (Å²) in [5, 5.41) is 3.01. The van der Waals surface area contributed by atoms with E-state index in [2.05, 4.69) is 40.5 Å². The Morgan fingerprint density at radius 2 is 1.77 bits per heavy atom. The molecule has 0 spiro atoms. The minimum absolute atomic E-state index is 0.0525. The van der Waals surface area contributed by atoms with Crippen molar-refractivity contribution in [2.24, 2.45) is 5.92 Å². The third-order valence-electron chi connectivity index (χ3n) is 5.30. The van der Waals surface area contributed by atoms with E-state index in [1.165, 1.54) is 5.56 Å². The lowest BCUT2D eigenvalue weighted by Gasteiger charge is -2.35. The fourth-order valence-corrected chi connectivity index (χ4v) is 3.58. The zero-order valence-electron chi connectivity index (χ0n) is 15.7. The smallest absolute Gasteiger partial charge is 0.241 e. The number of hydrogen-bond donors (Lipinski definition) is 1. The van der Waals surface area contributed by atoms with Crippen LogP contribution < -0.4 is 10.1 Å². The number of rotatable bonds is 6. The Kier molecular flexibility index (Phi) is 6.29. The van der Waals surface area contributed by atoms with Crippen molar-refractivity contribution in [3.63, 3.8) is 0 Å². The molecule has 0 saturated carbocycles. The highest BCUT2D eigenvalue weighted by Crippen LogP contribution is 2.23. The van der Waals surface area contributed by atoms with Crippen molar-refractivity contribution < 1.29 is 9.53 Å². The van der Waals surface area contributed by atoms with Gasteiger partial charge in [0, 0.05) is 5.69 Å². The summed E-state index contributed by atoms with van der Waals surface area (Å²) in [4.78, 5) is 14.8. The number of nitrogens with one attached hydrogen (secondary N) is 1. The Hall–Kier alpha value is -2.33. The molecule has 0 bridgehead atoms. The van der Waals surface area contributed by atoms with E-state index in [0.717, 1.165) is 43.8 Å². The number of methoxy groups -OCH3 is 1. The molecule has 1 aliphatic heterocycles. The Morgan fingerprint density at radius 3 is 2.38 bits per heavy atom. The lowest BCUT2D eigenvalue weighted by molar-refractivity contribution is -0.121. The summed E-state index contributed by atoms with van der Waals surface area (Å²) in [6, 6.07) is 18.0. The Balaban J connectivity index is 1.47. The highest BCUT2D eigenvalue weighted by atomic mass is 16.5. The van der Waals surface area contributed by atoms with Crippen LogP contribution in [0.25, 0.3) is 0 Å². The van der Waals surface area contributed by atoms with Crippen molar-refractivity contribution in [2.75, 3.05) is 25.5 Å². The number of piperidine rings is 1. The van der Waals surface area contributed by atoms with Crippen molar-refractivity contribution >= 4 is 11.6 Å². The fraction of sp³-hybridized carbons (Fsp3) is 0.409. The first-order chi connectivity index (χ1) is 12.7. The standard InChI is InChI=1S/C22H28N2O2/c1-17(22(25)23-20-8-10-21(26-2)11-9-20)24-14-12-19(13-15-24)16-18-6-4-3-5-7-18/h3-11,17,19H,12-16H2,1-2H3,(H,23,25)/t17-/m0/s1. The van der Waals surface area contributed by atoms with Gasteiger partial charge in [-0.2, -0.15) is 0 Å². The monoisotopic (exact) mass is 352 g/mol. The highest BCUT2D eigenvalue weighted by Gasteiger charge is 2.26. The largest absolute Gasteiger partial charge is 0.497 e. The van der Waals surface area contributed by atoms with Crippen LogP contribution in [-0.2, 0) is 11.2 Å². The predicted molar refractivity (Wildman–Crippen MR) is 106 cm³/mol. The number of benzene rings is 2. The van der Waals surface area contributed by atoms with Crippen LogP contribution in [0, 0.1) is 5.92 Å². The van der Waals surface area contributed by atoms with Gasteiger partial charge in [-0.05, 0) is 75.0 Å². The van der Waals surface area contributed by atoms with Gasteiger partial charge in [0.2, 0.25) is 5.91 Å². The third-order valence-corrected chi connectivity index (χ3v) is 5.30. The molecule has 1 N–H and O–H groups in total. The maximum atomic E-state index is 12.6. The number of carbonyl (C=O) groups is 1. The van der Waals surface area contributed by atoms with Crippen molar-refractivity contribution in [1.29, 1.82) is 0 Å². The topological polar surface area (TPSA) is 41.6 Å². The Bertz CT molecular complexity index is 692. The summed E-state index contributed by atoms with van der Waals surface area (Å²) in [6.07, 6.45) is 3.44. The number of amides is 1. The molecular weight excluding hydrogens is 324 g/mol. The first-order valence-corrected chi connectivity index (χ1v) is 9.38. The van der Waals surface area contributed by atoms with Gasteiger partial charge in [0.1, 0.15) is 5.75 Å².